The minimum absolute atomic E-state index is 0.173. The number of thiol groups is 1. The molecule has 160 valence electrons. The molecule has 0 saturated carbocycles. The zero-order chi connectivity index (χ0) is 21.9. The van der Waals surface area contributed by atoms with E-state index in [0.717, 1.165) is 0 Å². The summed E-state index contributed by atoms with van der Waals surface area (Å²) in [4.78, 5) is 58.5. The average molecular weight is 439 g/mol. The molecule has 0 aliphatic rings. The Morgan fingerprint density at radius 3 is 1.89 bits per heavy atom. The third-order valence-electron chi connectivity index (χ3n) is 3.47. The summed E-state index contributed by atoms with van der Waals surface area (Å²) in [5.74, 6) is -4.70. The number of thioether (sulfide) groups is 1. The maximum atomic E-state index is 12.3. The molecule has 0 aromatic heterocycles. The summed E-state index contributed by atoms with van der Waals surface area (Å²) >= 11 is 5.38. The van der Waals surface area contributed by atoms with Crippen LogP contribution in [0, 0.1) is 0 Å². The van der Waals surface area contributed by atoms with Crippen molar-refractivity contribution in [2.24, 2.45) is 5.73 Å². The van der Waals surface area contributed by atoms with Gasteiger partial charge in [0.25, 0.3) is 0 Å². The van der Waals surface area contributed by atoms with Gasteiger partial charge in [0.15, 0.2) is 0 Å². The van der Waals surface area contributed by atoms with Crippen molar-refractivity contribution >= 4 is 54.1 Å². The lowest BCUT2D eigenvalue weighted by molar-refractivity contribution is -0.143. The smallest absolute Gasteiger partial charge is 0.326 e. The van der Waals surface area contributed by atoms with Crippen molar-refractivity contribution in [1.82, 2.24) is 16.0 Å². The van der Waals surface area contributed by atoms with E-state index in [0.29, 0.717) is 5.75 Å². The summed E-state index contributed by atoms with van der Waals surface area (Å²) in [5.41, 5.74) is 5.39. The first-order valence-electron chi connectivity index (χ1n) is 8.24. The van der Waals surface area contributed by atoms with E-state index in [9.17, 15) is 24.0 Å². The van der Waals surface area contributed by atoms with E-state index < -0.39 is 60.2 Å². The monoisotopic (exact) mass is 438 g/mol. The second-order valence-corrected chi connectivity index (χ2v) is 7.22. The number of carbonyl (C=O) groups is 5. The van der Waals surface area contributed by atoms with E-state index in [1.165, 1.54) is 18.7 Å². The summed E-state index contributed by atoms with van der Waals surface area (Å²) in [6.07, 6.45) is 1.24. The largest absolute Gasteiger partial charge is 0.481 e. The van der Waals surface area contributed by atoms with Gasteiger partial charge in [0, 0.05) is 5.75 Å². The number of carbonyl (C=O) groups excluding carboxylic acids is 3. The fourth-order valence-electron chi connectivity index (χ4n) is 1.92. The molecule has 0 aliphatic heterocycles. The Morgan fingerprint density at radius 1 is 0.964 bits per heavy atom. The molecule has 4 atom stereocenters. The topological polar surface area (TPSA) is 188 Å². The molecule has 0 aromatic rings. The van der Waals surface area contributed by atoms with E-state index >= 15 is 0 Å². The maximum absolute atomic E-state index is 12.3. The minimum Gasteiger partial charge on any atom is -0.481 e. The first-order valence-corrected chi connectivity index (χ1v) is 10.3. The van der Waals surface area contributed by atoms with Crippen LogP contribution in [0.4, 0.5) is 0 Å². The zero-order valence-electron chi connectivity index (χ0n) is 15.5. The van der Waals surface area contributed by atoms with E-state index in [4.69, 9.17) is 15.9 Å². The molecule has 13 heteroatoms. The molecular formula is C15H26N4O7S2. The molecule has 4 unspecified atom stereocenters. The van der Waals surface area contributed by atoms with Crippen LogP contribution in [0.2, 0.25) is 0 Å². The number of hydrogen-bond donors (Lipinski definition) is 7. The Morgan fingerprint density at radius 2 is 1.46 bits per heavy atom. The van der Waals surface area contributed by atoms with Gasteiger partial charge in [-0.3, -0.25) is 19.2 Å². The highest BCUT2D eigenvalue weighted by Gasteiger charge is 2.30. The quantitative estimate of drug-likeness (QED) is 0.160. The van der Waals surface area contributed by atoms with E-state index in [1.54, 1.807) is 6.26 Å². The number of amides is 3. The molecule has 28 heavy (non-hydrogen) atoms. The van der Waals surface area contributed by atoms with Gasteiger partial charge >= 0.3 is 11.9 Å². The van der Waals surface area contributed by atoms with Crippen molar-refractivity contribution in [3.05, 3.63) is 0 Å². The van der Waals surface area contributed by atoms with Crippen molar-refractivity contribution in [3.63, 3.8) is 0 Å². The number of nitrogens with two attached hydrogens (primary N) is 1. The van der Waals surface area contributed by atoms with Crippen molar-refractivity contribution in [2.75, 3.05) is 17.8 Å². The summed E-state index contributed by atoms with van der Waals surface area (Å²) in [5, 5.41) is 24.9. The number of rotatable bonds is 13. The van der Waals surface area contributed by atoms with Crippen LogP contribution < -0.4 is 21.7 Å². The predicted octanol–water partition coefficient (Wildman–Crippen LogP) is -1.97. The number of carboxylic acids is 2. The van der Waals surface area contributed by atoms with Gasteiger partial charge in [-0.2, -0.15) is 24.4 Å². The Balaban J connectivity index is 5.12. The molecule has 3 amide bonds. The highest BCUT2D eigenvalue weighted by molar-refractivity contribution is 7.98. The van der Waals surface area contributed by atoms with Crippen LogP contribution in [-0.4, -0.2) is 81.8 Å². The SMILES string of the molecule is CSCCC(NC(=O)C(CS)NC(=O)C(CC(=O)O)NC(=O)C(C)N)C(=O)O. The van der Waals surface area contributed by atoms with Gasteiger partial charge in [0.05, 0.1) is 12.5 Å². The normalized spacial score (nSPS) is 14.9. The van der Waals surface area contributed by atoms with Gasteiger partial charge in [0.1, 0.15) is 18.1 Å². The Kier molecular flexibility index (Phi) is 12.3. The second-order valence-electron chi connectivity index (χ2n) is 5.87. The minimum atomic E-state index is -1.46. The highest BCUT2D eigenvalue weighted by atomic mass is 32.2. The van der Waals surface area contributed by atoms with E-state index in [-0.39, 0.29) is 12.2 Å². The molecule has 0 saturated heterocycles. The Bertz CT molecular complexity index is 589. The number of carboxylic acid groups (broad SMARTS) is 2. The molecule has 0 heterocycles. The van der Waals surface area contributed by atoms with E-state index in [2.05, 4.69) is 28.6 Å². The van der Waals surface area contributed by atoms with Crippen LogP contribution in [0.25, 0.3) is 0 Å². The molecule has 0 radical (unpaired) electrons. The number of hydrogen-bond acceptors (Lipinski definition) is 8. The Labute approximate surface area is 172 Å². The summed E-state index contributed by atoms with van der Waals surface area (Å²) in [7, 11) is 0. The molecule has 0 aliphatic carbocycles. The molecular weight excluding hydrogens is 412 g/mol. The predicted molar refractivity (Wildman–Crippen MR) is 106 cm³/mol. The first-order chi connectivity index (χ1) is 13.0. The van der Waals surface area contributed by atoms with Gasteiger partial charge in [-0.15, -0.1) is 0 Å². The molecule has 0 aromatic carbocycles. The second kappa shape index (κ2) is 13.2. The van der Waals surface area contributed by atoms with E-state index in [1.807, 2.05) is 0 Å². The fraction of sp³-hybridized carbons (Fsp3) is 0.667. The summed E-state index contributed by atoms with van der Waals surface area (Å²) in [6, 6.07) is -4.80. The van der Waals surface area contributed by atoms with Gasteiger partial charge in [-0.1, -0.05) is 0 Å². The lowest BCUT2D eigenvalue weighted by atomic mass is 10.1. The lowest BCUT2D eigenvalue weighted by Gasteiger charge is -2.23. The van der Waals surface area contributed by atoms with Crippen LogP contribution >= 0.6 is 24.4 Å². The molecule has 0 spiro atoms. The Hall–Kier alpha value is -1.99. The number of aliphatic carboxylic acids is 2. The number of nitrogens with one attached hydrogen (secondary N) is 3. The van der Waals surface area contributed by atoms with Gasteiger partial charge in [-0.25, -0.2) is 4.79 Å². The van der Waals surface area contributed by atoms with Crippen molar-refractivity contribution in [1.29, 1.82) is 0 Å². The zero-order valence-corrected chi connectivity index (χ0v) is 17.2. The molecule has 0 bridgehead atoms. The first kappa shape index (κ1) is 26.0. The van der Waals surface area contributed by atoms with Crippen molar-refractivity contribution in [3.8, 4) is 0 Å². The van der Waals surface area contributed by atoms with Crippen LogP contribution in [-0.2, 0) is 24.0 Å². The molecule has 0 fully saturated rings. The fourth-order valence-corrected chi connectivity index (χ4v) is 2.65. The van der Waals surface area contributed by atoms with Gasteiger partial charge < -0.3 is 31.9 Å². The lowest BCUT2D eigenvalue weighted by Crippen LogP contribution is -2.57. The summed E-state index contributed by atoms with van der Waals surface area (Å²) in [6.45, 7) is 1.36. The third kappa shape index (κ3) is 9.80. The molecule has 7 N–H and O–H groups in total. The van der Waals surface area contributed by atoms with Crippen molar-refractivity contribution in [2.45, 2.75) is 43.9 Å². The van der Waals surface area contributed by atoms with Gasteiger partial charge in [-0.05, 0) is 25.4 Å². The highest BCUT2D eigenvalue weighted by Crippen LogP contribution is 2.03. The van der Waals surface area contributed by atoms with Crippen LogP contribution in [0.5, 0.6) is 0 Å². The van der Waals surface area contributed by atoms with Gasteiger partial charge in [0.2, 0.25) is 17.7 Å². The average Bonchev–Trinajstić information content (AvgIpc) is 2.61. The van der Waals surface area contributed by atoms with Crippen LogP contribution in [0.15, 0.2) is 0 Å². The maximum Gasteiger partial charge on any atom is 0.326 e. The third-order valence-corrected chi connectivity index (χ3v) is 4.48. The van der Waals surface area contributed by atoms with Crippen LogP contribution in [0.3, 0.4) is 0 Å². The van der Waals surface area contributed by atoms with Crippen LogP contribution in [0.1, 0.15) is 19.8 Å². The van der Waals surface area contributed by atoms with Crippen molar-refractivity contribution < 1.29 is 34.2 Å². The molecule has 11 nitrogen and oxygen atoms in total. The standard InChI is InChI=1S/C15H26N4O7S2/c1-7(16)12(22)18-9(5-11(20)21)13(23)19-10(6-27)14(24)17-8(15(25)26)3-4-28-2/h7-10,27H,3-6,16H2,1-2H3,(H,17,24)(H,18,22)(H,19,23)(H,20,21)(H,25,26). The molecule has 0 rings (SSSR count). The summed E-state index contributed by atoms with van der Waals surface area (Å²) < 4.78 is 0.